The van der Waals surface area contributed by atoms with Gasteiger partial charge in [0.2, 0.25) is 0 Å². The molecule has 4 heteroatoms. The lowest BCUT2D eigenvalue weighted by molar-refractivity contribution is 1.18. The van der Waals surface area contributed by atoms with E-state index in [9.17, 15) is 0 Å². The van der Waals surface area contributed by atoms with E-state index in [1.54, 1.807) is 0 Å². The average molecular weight is 682 g/mol. The third-order valence-electron chi connectivity index (χ3n) is 10.8. The van der Waals surface area contributed by atoms with Gasteiger partial charge in [-0.15, -0.1) is 0 Å². The summed E-state index contributed by atoms with van der Waals surface area (Å²) in [4.78, 5) is 10.7. The van der Waals surface area contributed by atoms with Crippen LogP contribution in [0.4, 0.5) is 0 Å². The minimum Gasteiger partial charge on any atom is -0.309 e. The van der Waals surface area contributed by atoms with Gasteiger partial charge >= 0.3 is 0 Å². The van der Waals surface area contributed by atoms with Crippen molar-refractivity contribution < 1.29 is 0 Å². The Morgan fingerprint density at radius 3 is 1.63 bits per heavy atom. The van der Waals surface area contributed by atoms with E-state index in [4.69, 9.17) is 9.97 Å². The van der Waals surface area contributed by atoms with Crippen molar-refractivity contribution >= 4 is 40.3 Å². The van der Waals surface area contributed by atoms with Crippen molar-refractivity contribution in [1.29, 1.82) is 0 Å². The topological polar surface area (TPSA) is 30.7 Å². The molecule has 0 atom stereocenters. The molecule has 1 aliphatic heterocycles. The predicted molar refractivity (Wildman–Crippen MR) is 220 cm³/mol. The van der Waals surface area contributed by atoms with Gasteiger partial charge < -0.3 is 4.57 Å². The lowest BCUT2D eigenvalue weighted by Crippen LogP contribution is -2.50. The van der Waals surface area contributed by atoms with Gasteiger partial charge in [0, 0.05) is 27.6 Å². The number of aromatic nitrogens is 3. The number of rotatable bonds is 5. The van der Waals surface area contributed by atoms with Gasteiger partial charge in [0.1, 0.15) is 8.07 Å². The van der Waals surface area contributed by atoms with Crippen molar-refractivity contribution in [2.45, 2.75) is 13.1 Å². The molecule has 3 heterocycles. The van der Waals surface area contributed by atoms with Gasteiger partial charge in [-0.1, -0.05) is 147 Å². The summed E-state index contributed by atoms with van der Waals surface area (Å²) in [5.74, 6) is 0.769. The zero-order valence-corrected chi connectivity index (χ0v) is 30.1. The normalized spacial score (nSPS) is 13.0. The highest BCUT2D eigenvalue weighted by molar-refractivity contribution is 7.04. The van der Waals surface area contributed by atoms with Gasteiger partial charge in [0.25, 0.3) is 0 Å². The first kappa shape index (κ1) is 30.5. The first-order valence-corrected chi connectivity index (χ1v) is 20.9. The molecule has 0 spiro atoms. The Kier molecular flexibility index (Phi) is 6.95. The molecule has 0 amide bonds. The minimum absolute atomic E-state index is 0.769. The molecule has 246 valence electrons. The summed E-state index contributed by atoms with van der Waals surface area (Å²) in [6.07, 6.45) is 0. The molecule has 52 heavy (non-hydrogen) atoms. The number of hydrogen-bond donors (Lipinski definition) is 0. The van der Waals surface area contributed by atoms with Crippen LogP contribution in [0.15, 0.2) is 176 Å². The lowest BCUT2D eigenvalue weighted by atomic mass is 9.98. The van der Waals surface area contributed by atoms with Crippen LogP contribution >= 0.6 is 0 Å². The van der Waals surface area contributed by atoms with Crippen LogP contribution in [0, 0.1) is 0 Å². The average Bonchev–Trinajstić information content (AvgIpc) is 3.66. The van der Waals surface area contributed by atoms with Crippen LogP contribution in [0.3, 0.4) is 0 Å². The molecular formula is C48H35N3Si. The summed E-state index contributed by atoms with van der Waals surface area (Å²) in [5, 5.41) is 5.22. The summed E-state index contributed by atoms with van der Waals surface area (Å²) >= 11 is 0. The standard InChI is InChI=1S/C48H35N3Si/c1-52(2)44-24-13-12-23-39(44)46-47(52)45(49-48(50-46)33-17-8-4-9-18-33)37-20-14-19-34(29-37)36-26-28-43-41(31-36)40-30-35(32-15-6-3-7-16-32)25-27-42(40)51(43)38-21-10-5-11-22-38/h3-31H,1-2H3. The zero-order valence-electron chi connectivity index (χ0n) is 29.1. The summed E-state index contributed by atoms with van der Waals surface area (Å²) in [6.45, 7) is 4.88. The molecule has 3 nitrogen and oxygen atoms in total. The van der Waals surface area contributed by atoms with E-state index in [0.717, 1.165) is 34.0 Å². The largest absolute Gasteiger partial charge is 0.309 e. The Hall–Kier alpha value is -6.36. The van der Waals surface area contributed by atoms with Crippen LogP contribution in [-0.2, 0) is 0 Å². The van der Waals surface area contributed by atoms with E-state index in [1.807, 2.05) is 6.07 Å². The fraction of sp³-hybridized carbons (Fsp3) is 0.0417. The molecule has 0 saturated carbocycles. The van der Waals surface area contributed by atoms with Gasteiger partial charge in [-0.05, 0) is 80.7 Å². The Morgan fingerprint density at radius 1 is 0.423 bits per heavy atom. The molecule has 0 fully saturated rings. The maximum atomic E-state index is 5.38. The second kappa shape index (κ2) is 11.9. The van der Waals surface area contributed by atoms with Gasteiger partial charge in [0.05, 0.1) is 22.4 Å². The molecule has 0 aliphatic carbocycles. The highest BCUT2D eigenvalue weighted by atomic mass is 28.3. The molecule has 7 aromatic carbocycles. The fourth-order valence-corrected chi connectivity index (χ4v) is 11.5. The van der Waals surface area contributed by atoms with Crippen molar-refractivity contribution in [2.75, 3.05) is 0 Å². The molecule has 0 N–H and O–H groups in total. The molecule has 10 rings (SSSR count). The highest BCUT2D eigenvalue weighted by Gasteiger charge is 2.41. The predicted octanol–water partition coefficient (Wildman–Crippen LogP) is 11.0. The quantitative estimate of drug-likeness (QED) is 0.169. The van der Waals surface area contributed by atoms with Crippen molar-refractivity contribution in [2.24, 2.45) is 0 Å². The first-order valence-electron chi connectivity index (χ1n) is 17.9. The van der Waals surface area contributed by atoms with E-state index in [1.165, 1.54) is 60.0 Å². The second-order valence-corrected chi connectivity index (χ2v) is 18.5. The van der Waals surface area contributed by atoms with Crippen LogP contribution in [0.1, 0.15) is 0 Å². The molecule has 0 bridgehead atoms. The summed E-state index contributed by atoms with van der Waals surface area (Å²) in [6, 6.07) is 63.3. The van der Waals surface area contributed by atoms with Gasteiger partial charge in [-0.2, -0.15) is 0 Å². The third kappa shape index (κ3) is 4.79. The van der Waals surface area contributed by atoms with Crippen molar-refractivity contribution in [3.63, 3.8) is 0 Å². The second-order valence-electron chi connectivity index (χ2n) is 14.2. The Morgan fingerprint density at radius 2 is 0.942 bits per heavy atom. The SMILES string of the molecule is C[Si]1(C)c2ccccc2-c2nc(-c3ccccc3)nc(-c3cccc(-c4ccc5c(c4)c4cc(-c6ccccc6)ccc4n5-c4ccccc4)c3)c21. The monoisotopic (exact) mass is 681 g/mol. The van der Waals surface area contributed by atoms with Gasteiger partial charge in [-0.3, -0.25) is 0 Å². The molecule has 0 unspecified atom stereocenters. The van der Waals surface area contributed by atoms with Crippen molar-refractivity contribution in [3.8, 4) is 61.8 Å². The Balaban J connectivity index is 1.17. The number of hydrogen-bond acceptors (Lipinski definition) is 2. The van der Waals surface area contributed by atoms with Crippen molar-refractivity contribution in [3.05, 3.63) is 176 Å². The Bertz CT molecular complexity index is 2800. The van der Waals surface area contributed by atoms with E-state index in [-0.39, 0.29) is 0 Å². The molecule has 9 aromatic rings. The van der Waals surface area contributed by atoms with Gasteiger partial charge in [0.15, 0.2) is 5.82 Å². The number of para-hydroxylation sites is 1. The number of fused-ring (bicyclic) bond motifs is 6. The molecule has 0 saturated heterocycles. The van der Waals surface area contributed by atoms with Crippen LogP contribution in [0.2, 0.25) is 13.1 Å². The smallest absolute Gasteiger partial charge is 0.160 e. The van der Waals surface area contributed by atoms with Crippen LogP contribution in [-0.4, -0.2) is 22.6 Å². The Labute approximate surface area is 304 Å². The van der Waals surface area contributed by atoms with Crippen LogP contribution < -0.4 is 10.4 Å². The maximum Gasteiger partial charge on any atom is 0.160 e. The molecule has 2 aromatic heterocycles. The minimum atomic E-state index is -2.09. The fourth-order valence-electron chi connectivity index (χ4n) is 8.26. The van der Waals surface area contributed by atoms with E-state index >= 15 is 0 Å². The van der Waals surface area contributed by atoms with E-state index in [2.05, 4.69) is 188 Å². The van der Waals surface area contributed by atoms with Gasteiger partial charge in [-0.25, -0.2) is 9.97 Å². The summed E-state index contributed by atoms with van der Waals surface area (Å²) in [7, 11) is -2.09. The van der Waals surface area contributed by atoms with Crippen molar-refractivity contribution in [1.82, 2.24) is 14.5 Å². The zero-order chi connectivity index (χ0) is 34.8. The number of nitrogens with zero attached hydrogens (tertiary/aromatic N) is 3. The van der Waals surface area contributed by atoms with E-state index < -0.39 is 8.07 Å². The third-order valence-corrected chi connectivity index (χ3v) is 14.3. The summed E-state index contributed by atoms with van der Waals surface area (Å²) < 4.78 is 2.39. The number of benzene rings is 7. The lowest BCUT2D eigenvalue weighted by Gasteiger charge is -2.22. The summed E-state index contributed by atoms with van der Waals surface area (Å²) in [5.41, 5.74) is 13.9. The molecule has 0 radical (unpaired) electrons. The molecule has 1 aliphatic rings. The first-order chi connectivity index (χ1) is 25.5. The van der Waals surface area contributed by atoms with E-state index in [0.29, 0.717) is 0 Å². The van der Waals surface area contributed by atoms with Crippen LogP contribution in [0.5, 0.6) is 0 Å². The molecular weight excluding hydrogens is 647 g/mol. The maximum absolute atomic E-state index is 5.38. The van der Waals surface area contributed by atoms with Crippen LogP contribution in [0.25, 0.3) is 83.6 Å². The highest BCUT2D eigenvalue weighted by Crippen LogP contribution is 2.39.